The topological polar surface area (TPSA) is 66.5 Å². The Balaban J connectivity index is 1.93. The number of carbonyl (C=O) groups excluding carboxylic acids is 2. The number of likely N-dealkylation sites (tertiary alicyclic amines) is 1. The molecule has 2 atom stereocenters. The summed E-state index contributed by atoms with van der Waals surface area (Å²) in [5.74, 6) is 1.23. The van der Waals surface area contributed by atoms with Gasteiger partial charge >= 0.3 is 0 Å². The molecule has 2 aliphatic rings. The fraction of sp³-hybridized carbons (Fsp3) is 0.846. The van der Waals surface area contributed by atoms with E-state index in [-0.39, 0.29) is 36.4 Å². The molecule has 2 rings (SSSR count). The third kappa shape index (κ3) is 3.23. The Hall–Kier alpha value is -0.750. The highest BCUT2D eigenvalue weighted by atomic mass is 32.2. The van der Waals surface area contributed by atoms with E-state index in [1.54, 1.807) is 0 Å². The number of imide groups is 1. The Labute approximate surface area is 116 Å². The Morgan fingerprint density at radius 1 is 1.37 bits per heavy atom. The van der Waals surface area contributed by atoms with E-state index in [4.69, 9.17) is 0 Å². The first-order chi connectivity index (χ1) is 9.02. The van der Waals surface area contributed by atoms with Gasteiger partial charge in [0.25, 0.3) is 0 Å². The Kier molecular flexibility index (Phi) is 4.73. The highest BCUT2D eigenvalue weighted by molar-refractivity contribution is 7.85. The van der Waals surface area contributed by atoms with Gasteiger partial charge < -0.3 is 5.32 Å². The molecule has 0 aromatic heterocycles. The molecule has 0 aromatic carbocycles. The summed E-state index contributed by atoms with van der Waals surface area (Å²) in [4.78, 5) is 25.5. The largest absolute Gasteiger partial charge is 0.303 e. The maximum atomic E-state index is 12.2. The summed E-state index contributed by atoms with van der Waals surface area (Å²) in [6, 6.07) is -0.181. The second-order valence-electron chi connectivity index (χ2n) is 5.40. The zero-order valence-corrected chi connectivity index (χ0v) is 12.4. The van der Waals surface area contributed by atoms with Gasteiger partial charge in [-0.15, -0.1) is 0 Å². The molecule has 2 heterocycles. The quantitative estimate of drug-likeness (QED) is 0.760. The summed E-state index contributed by atoms with van der Waals surface area (Å²) >= 11 is 0. The van der Waals surface area contributed by atoms with Crippen LogP contribution < -0.4 is 5.32 Å². The monoisotopic (exact) mass is 286 g/mol. The maximum Gasteiger partial charge on any atom is 0.247 e. The predicted molar refractivity (Wildman–Crippen MR) is 74.0 cm³/mol. The SMILES string of the molecule is CCC(C)N1C(=O)CC(NC2CCS(=O)CC2)C1=O. The molecule has 0 aromatic rings. The highest BCUT2D eigenvalue weighted by Crippen LogP contribution is 2.20. The molecule has 1 N–H and O–H groups in total. The normalized spacial score (nSPS) is 33.8. The van der Waals surface area contributed by atoms with Crippen LogP contribution in [0.1, 0.15) is 39.5 Å². The third-order valence-electron chi connectivity index (χ3n) is 4.04. The summed E-state index contributed by atoms with van der Waals surface area (Å²) in [6.07, 6.45) is 2.71. The Morgan fingerprint density at radius 2 is 2.00 bits per heavy atom. The van der Waals surface area contributed by atoms with Gasteiger partial charge in [0.15, 0.2) is 0 Å². The van der Waals surface area contributed by atoms with Gasteiger partial charge in [-0.05, 0) is 26.2 Å². The van der Waals surface area contributed by atoms with Crippen LogP contribution in [0.4, 0.5) is 0 Å². The fourth-order valence-corrected chi connectivity index (χ4v) is 3.97. The minimum absolute atomic E-state index is 0.0225. The van der Waals surface area contributed by atoms with Crippen molar-refractivity contribution in [2.24, 2.45) is 0 Å². The Morgan fingerprint density at radius 3 is 2.58 bits per heavy atom. The van der Waals surface area contributed by atoms with Crippen LogP contribution in [0.5, 0.6) is 0 Å². The first-order valence-electron chi connectivity index (χ1n) is 6.99. The van der Waals surface area contributed by atoms with E-state index in [9.17, 15) is 13.8 Å². The molecule has 2 unspecified atom stereocenters. The van der Waals surface area contributed by atoms with Crippen molar-refractivity contribution in [3.05, 3.63) is 0 Å². The van der Waals surface area contributed by atoms with Gasteiger partial charge in [-0.1, -0.05) is 6.92 Å². The number of amides is 2. The maximum absolute atomic E-state index is 12.2. The molecule has 5 nitrogen and oxygen atoms in total. The molecule has 0 radical (unpaired) electrons. The average molecular weight is 286 g/mol. The van der Waals surface area contributed by atoms with Crippen molar-refractivity contribution < 1.29 is 13.8 Å². The van der Waals surface area contributed by atoms with Gasteiger partial charge in [0.1, 0.15) is 0 Å². The summed E-state index contributed by atoms with van der Waals surface area (Å²) in [7, 11) is -0.698. The molecular formula is C13H22N2O3S. The van der Waals surface area contributed by atoms with Crippen molar-refractivity contribution in [2.45, 2.75) is 57.7 Å². The predicted octanol–water partition coefficient (Wildman–Crippen LogP) is 0.413. The lowest BCUT2D eigenvalue weighted by molar-refractivity contribution is -0.141. The van der Waals surface area contributed by atoms with E-state index in [1.807, 2.05) is 13.8 Å². The summed E-state index contributed by atoms with van der Waals surface area (Å²) in [5, 5.41) is 3.28. The smallest absolute Gasteiger partial charge is 0.247 e. The van der Waals surface area contributed by atoms with Crippen molar-refractivity contribution in [3.8, 4) is 0 Å². The molecule has 0 bridgehead atoms. The molecule has 0 aliphatic carbocycles. The first-order valence-corrected chi connectivity index (χ1v) is 8.48. The van der Waals surface area contributed by atoms with Crippen LogP contribution in [-0.4, -0.2) is 50.6 Å². The van der Waals surface area contributed by atoms with Gasteiger partial charge in [-0.25, -0.2) is 0 Å². The number of nitrogens with one attached hydrogen (secondary N) is 1. The summed E-state index contributed by atoms with van der Waals surface area (Å²) < 4.78 is 11.3. The molecule has 6 heteroatoms. The minimum atomic E-state index is -0.698. The fourth-order valence-electron chi connectivity index (χ4n) is 2.67. The van der Waals surface area contributed by atoms with Gasteiger partial charge in [0, 0.05) is 34.4 Å². The van der Waals surface area contributed by atoms with Gasteiger partial charge in [-0.2, -0.15) is 0 Å². The standard InChI is InChI=1S/C13H22N2O3S/c1-3-9(2)15-12(16)8-11(13(15)17)14-10-4-6-19(18)7-5-10/h9-11,14H,3-8H2,1-2H3. The summed E-state index contributed by atoms with van der Waals surface area (Å²) in [5.41, 5.74) is 0. The number of hydrogen-bond acceptors (Lipinski definition) is 4. The molecule has 2 amide bonds. The molecule has 108 valence electrons. The van der Waals surface area contributed by atoms with Crippen LogP contribution in [0.25, 0.3) is 0 Å². The second kappa shape index (κ2) is 6.13. The average Bonchev–Trinajstić information content (AvgIpc) is 2.66. The van der Waals surface area contributed by atoms with Crippen molar-refractivity contribution in [3.63, 3.8) is 0 Å². The van der Waals surface area contributed by atoms with E-state index >= 15 is 0 Å². The van der Waals surface area contributed by atoms with Crippen molar-refractivity contribution >= 4 is 22.6 Å². The van der Waals surface area contributed by atoms with Gasteiger partial charge in [0.2, 0.25) is 11.8 Å². The number of rotatable bonds is 4. The van der Waals surface area contributed by atoms with E-state index < -0.39 is 10.8 Å². The lowest BCUT2D eigenvalue weighted by Gasteiger charge is -2.26. The highest BCUT2D eigenvalue weighted by Gasteiger charge is 2.41. The van der Waals surface area contributed by atoms with Gasteiger partial charge in [0.05, 0.1) is 12.5 Å². The molecule has 2 saturated heterocycles. The van der Waals surface area contributed by atoms with Crippen LogP contribution in [0, 0.1) is 0 Å². The molecule has 19 heavy (non-hydrogen) atoms. The zero-order chi connectivity index (χ0) is 14.0. The molecule has 0 spiro atoms. The van der Waals surface area contributed by atoms with Gasteiger partial charge in [-0.3, -0.25) is 18.7 Å². The zero-order valence-electron chi connectivity index (χ0n) is 11.6. The number of hydrogen-bond donors (Lipinski definition) is 1. The molecule has 2 fully saturated rings. The lowest BCUT2D eigenvalue weighted by Crippen LogP contribution is -2.47. The Bertz CT molecular complexity index is 389. The second-order valence-corrected chi connectivity index (χ2v) is 7.10. The van der Waals surface area contributed by atoms with Crippen LogP contribution in [0.2, 0.25) is 0 Å². The van der Waals surface area contributed by atoms with Crippen LogP contribution >= 0.6 is 0 Å². The van der Waals surface area contributed by atoms with Crippen LogP contribution in [-0.2, 0) is 20.4 Å². The van der Waals surface area contributed by atoms with Crippen LogP contribution in [0.15, 0.2) is 0 Å². The number of nitrogens with zero attached hydrogens (tertiary/aromatic N) is 1. The van der Waals surface area contributed by atoms with Crippen LogP contribution in [0.3, 0.4) is 0 Å². The van der Waals surface area contributed by atoms with E-state index in [0.717, 1.165) is 19.3 Å². The van der Waals surface area contributed by atoms with Crippen molar-refractivity contribution in [1.29, 1.82) is 0 Å². The number of carbonyl (C=O) groups is 2. The summed E-state index contributed by atoms with van der Waals surface area (Å²) in [6.45, 7) is 3.88. The molecular weight excluding hydrogens is 264 g/mol. The van der Waals surface area contributed by atoms with Crippen molar-refractivity contribution in [1.82, 2.24) is 10.2 Å². The van der Waals surface area contributed by atoms with E-state index in [2.05, 4.69) is 5.32 Å². The van der Waals surface area contributed by atoms with Crippen molar-refractivity contribution in [2.75, 3.05) is 11.5 Å². The molecule has 2 aliphatic heterocycles. The third-order valence-corrected chi connectivity index (χ3v) is 5.42. The first kappa shape index (κ1) is 14.7. The van der Waals surface area contributed by atoms with E-state index in [0.29, 0.717) is 11.5 Å². The lowest BCUT2D eigenvalue weighted by atomic mass is 10.1. The van der Waals surface area contributed by atoms with E-state index in [1.165, 1.54) is 4.90 Å². The molecule has 0 saturated carbocycles. The minimum Gasteiger partial charge on any atom is -0.303 e.